The van der Waals surface area contributed by atoms with Crippen LogP contribution in [0.3, 0.4) is 0 Å². The highest BCUT2D eigenvalue weighted by Crippen LogP contribution is 2.25. The van der Waals surface area contributed by atoms with Crippen molar-refractivity contribution in [3.8, 4) is 0 Å². The van der Waals surface area contributed by atoms with Gasteiger partial charge in [0.15, 0.2) is 0 Å². The number of carbonyl (C=O) groups is 1. The average molecular weight is 289 g/mol. The second-order valence-corrected chi connectivity index (χ2v) is 5.96. The zero-order valence-electron chi connectivity index (χ0n) is 13.2. The number of rotatable bonds is 6. The fourth-order valence-corrected chi connectivity index (χ4v) is 2.82. The van der Waals surface area contributed by atoms with Gasteiger partial charge in [-0.3, -0.25) is 4.79 Å². The summed E-state index contributed by atoms with van der Waals surface area (Å²) in [5, 5.41) is 3.01. The van der Waals surface area contributed by atoms with E-state index in [1.165, 1.54) is 18.5 Å². The predicted molar refractivity (Wildman–Crippen MR) is 88.7 cm³/mol. The van der Waals surface area contributed by atoms with E-state index in [4.69, 9.17) is 5.73 Å². The minimum atomic E-state index is 0.0596. The van der Waals surface area contributed by atoms with E-state index in [2.05, 4.69) is 36.2 Å². The Morgan fingerprint density at radius 1 is 1.38 bits per heavy atom. The van der Waals surface area contributed by atoms with Crippen molar-refractivity contribution in [2.24, 2.45) is 11.7 Å². The standard InChI is InChI=1S/C17H27N3O/c1-3-14(12-18)11-17(21)19-16-7-6-15(10-13(16)2)20-8-4-5-9-20/h6-7,10,14H,3-5,8-9,11-12,18H2,1-2H3,(H,19,21). The van der Waals surface area contributed by atoms with E-state index in [0.29, 0.717) is 13.0 Å². The van der Waals surface area contributed by atoms with Crippen molar-refractivity contribution in [3.05, 3.63) is 23.8 Å². The molecule has 0 bridgehead atoms. The van der Waals surface area contributed by atoms with Gasteiger partial charge in [0.2, 0.25) is 5.91 Å². The van der Waals surface area contributed by atoms with Gasteiger partial charge in [0, 0.05) is 30.9 Å². The molecule has 1 fully saturated rings. The summed E-state index contributed by atoms with van der Waals surface area (Å²) < 4.78 is 0. The third-order valence-electron chi connectivity index (χ3n) is 4.34. The minimum Gasteiger partial charge on any atom is -0.372 e. The number of anilines is 2. The number of hydrogen-bond acceptors (Lipinski definition) is 3. The Hall–Kier alpha value is -1.55. The van der Waals surface area contributed by atoms with Crippen LogP contribution >= 0.6 is 0 Å². The van der Waals surface area contributed by atoms with Crippen molar-refractivity contribution in [1.29, 1.82) is 0 Å². The normalized spacial score (nSPS) is 16.0. The quantitative estimate of drug-likeness (QED) is 0.846. The van der Waals surface area contributed by atoms with Crippen LogP contribution in [0.15, 0.2) is 18.2 Å². The van der Waals surface area contributed by atoms with Gasteiger partial charge in [-0.15, -0.1) is 0 Å². The second kappa shape index (κ2) is 7.46. The first-order valence-corrected chi connectivity index (χ1v) is 7.99. The predicted octanol–water partition coefficient (Wildman–Crippen LogP) is 2.91. The molecule has 0 aliphatic carbocycles. The Bertz CT molecular complexity index is 477. The monoisotopic (exact) mass is 289 g/mol. The van der Waals surface area contributed by atoms with Crippen molar-refractivity contribution in [3.63, 3.8) is 0 Å². The molecule has 1 aliphatic heterocycles. The summed E-state index contributed by atoms with van der Waals surface area (Å²) in [4.78, 5) is 14.5. The third-order valence-corrected chi connectivity index (χ3v) is 4.34. The van der Waals surface area contributed by atoms with Crippen molar-refractivity contribution in [2.75, 3.05) is 29.9 Å². The summed E-state index contributed by atoms with van der Waals surface area (Å²) in [7, 11) is 0. The topological polar surface area (TPSA) is 58.4 Å². The van der Waals surface area contributed by atoms with Crippen LogP contribution < -0.4 is 16.0 Å². The largest absolute Gasteiger partial charge is 0.372 e. The summed E-state index contributed by atoms with van der Waals surface area (Å²) in [6.07, 6.45) is 3.99. The molecule has 1 aliphatic rings. The van der Waals surface area contributed by atoms with Gasteiger partial charge in [-0.1, -0.05) is 13.3 Å². The highest BCUT2D eigenvalue weighted by Gasteiger charge is 2.15. The molecule has 0 saturated carbocycles. The number of carbonyl (C=O) groups excluding carboxylic acids is 1. The maximum atomic E-state index is 12.1. The van der Waals surface area contributed by atoms with Crippen LogP contribution in [-0.2, 0) is 4.79 Å². The van der Waals surface area contributed by atoms with Gasteiger partial charge in [0.1, 0.15) is 0 Å². The zero-order chi connectivity index (χ0) is 15.2. The number of nitrogens with one attached hydrogen (secondary N) is 1. The lowest BCUT2D eigenvalue weighted by Gasteiger charge is -2.19. The molecule has 1 unspecified atom stereocenters. The van der Waals surface area contributed by atoms with Crippen molar-refractivity contribution in [1.82, 2.24) is 0 Å². The number of aryl methyl sites for hydroxylation is 1. The van der Waals surface area contributed by atoms with Crippen LogP contribution in [-0.4, -0.2) is 25.5 Å². The first kappa shape index (κ1) is 15.8. The van der Waals surface area contributed by atoms with Crippen molar-refractivity contribution >= 4 is 17.3 Å². The average Bonchev–Trinajstić information content (AvgIpc) is 3.01. The van der Waals surface area contributed by atoms with Crippen molar-refractivity contribution < 1.29 is 4.79 Å². The first-order chi connectivity index (χ1) is 10.1. The van der Waals surface area contributed by atoms with Crippen LogP contribution in [0.25, 0.3) is 0 Å². The van der Waals surface area contributed by atoms with Gasteiger partial charge in [0.05, 0.1) is 0 Å². The fourth-order valence-electron chi connectivity index (χ4n) is 2.82. The Morgan fingerprint density at radius 2 is 2.10 bits per heavy atom. The molecule has 1 aromatic carbocycles. The summed E-state index contributed by atoms with van der Waals surface area (Å²) >= 11 is 0. The first-order valence-electron chi connectivity index (χ1n) is 7.99. The van der Waals surface area contributed by atoms with E-state index >= 15 is 0 Å². The Labute approximate surface area is 127 Å². The van der Waals surface area contributed by atoms with Gasteiger partial charge < -0.3 is 16.0 Å². The summed E-state index contributed by atoms with van der Waals surface area (Å²) in [5.41, 5.74) is 8.95. The number of nitrogens with two attached hydrogens (primary N) is 1. The lowest BCUT2D eigenvalue weighted by atomic mass is 10.0. The maximum absolute atomic E-state index is 12.1. The molecule has 4 heteroatoms. The van der Waals surface area contributed by atoms with Gasteiger partial charge in [-0.25, -0.2) is 0 Å². The Kier molecular flexibility index (Phi) is 5.62. The van der Waals surface area contributed by atoms with Gasteiger partial charge in [-0.05, 0) is 56.0 Å². The number of hydrogen-bond donors (Lipinski definition) is 2. The summed E-state index contributed by atoms with van der Waals surface area (Å²) in [5.74, 6) is 0.332. The molecule has 1 aromatic rings. The molecule has 3 N–H and O–H groups in total. The molecule has 116 valence electrons. The van der Waals surface area contributed by atoms with Crippen LogP contribution in [0.4, 0.5) is 11.4 Å². The molecule has 1 saturated heterocycles. The van der Waals surface area contributed by atoms with Gasteiger partial charge >= 0.3 is 0 Å². The molecule has 21 heavy (non-hydrogen) atoms. The molecule has 1 heterocycles. The van der Waals surface area contributed by atoms with E-state index in [1.54, 1.807) is 0 Å². The number of nitrogens with zero attached hydrogens (tertiary/aromatic N) is 1. The lowest BCUT2D eigenvalue weighted by molar-refractivity contribution is -0.117. The molecule has 2 rings (SSSR count). The molecule has 0 spiro atoms. The highest BCUT2D eigenvalue weighted by atomic mass is 16.1. The number of amides is 1. The van der Waals surface area contributed by atoms with E-state index < -0.39 is 0 Å². The molecule has 0 aromatic heterocycles. The second-order valence-electron chi connectivity index (χ2n) is 5.96. The Balaban J connectivity index is 1.98. The van der Waals surface area contributed by atoms with E-state index in [9.17, 15) is 4.79 Å². The van der Waals surface area contributed by atoms with Gasteiger partial charge in [0.25, 0.3) is 0 Å². The Morgan fingerprint density at radius 3 is 2.67 bits per heavy atom. The smallest absolute Gasteiger partial charge is 0.224 e. The summed E-state index contributed by atoms with van der Waals surface area (Å²) in [6, 6.07) is 6.29. The lowest BCUT2D eigenvalue weighted by Crippen LogP contribution is -2.22. The van der Waals surface area contributed by atoms with E-state index in [-0.39, 0.29) is 11.8 Å². The molecular formula is C17H27N3O. The van der Waals surface area contributed by atoms with Gasteiger partial charge in [-0.2, -0.15) is 0 Å². The molecule has 1 amide bonds. The summed E-state index contributed by atoms with van der Waals surface area (Å²) in [6.45, 7) is 6.97. The number of benzene rings is 1. The van der Waals surface area contributed by atoms with Crippen LogP contribution in [0.1, 0.15) is 38.2 Å². The van der Waals surface area contributed by atoms with E-state index in [1.807, 2.05) is 6.07 Å². The zero-order valence-corrected chi connectivity index (χ0v) is 13.2. The third kappa shape index (κ3) is 4.21. The maximum Gasteiger partial charge on any atom is 0.224 e. The molecule has 4 nitrogen and oxygen atoms in total. The van der Waals surface area contributed by atoms with Crippen LogP contribution in [0, 0.1) is 12.8 Å². The van der Waals surface area contributed by atoms with Crippen molar-refractivity contribution in [2.45, 2.75) is 39.5 Å². The molecule has 0 radical (unpaired) electrons. The minimum absolute atomic E-state index is 0.0596. The molecular weight excluding hydrogens is 262 g/mol. The molecule has 1 atom stereocenters. The SMILES string of the molecule is CCC(CN)CC(=O)Nc1ccc(N2CCCC2)cc1C. The fraction of sp³-hybridized carbons (Fsp3) is 0.588. The van der Waals surface area contributed by atoms with Crippen LogP contribution in [0.2, 0.25) is 0 Å². The van der Waals surface area contributed by atoms with E-state index in [0.717, 1.165) is 30.8 Å². The highest BCUT2D eigenvalue weighted by molar-refractivity contribution is 5.91. The van der Waals surface area contributed by atoms with Crippen LogP contribution in [0.5, 0.6) is 0 Å².